The van der Waals surface area contributed by atoms with Gasteiger partial charge in [0.05, 0.1) is 12.6 Å². The van der Waals surface area contributed by atoms with E-state index in [0.29, 0.717) is 6.42 Å². The van der Waals surface area contributed by atoms with E-state index in [1.807, 2.05) is 30.3 Å². The molecule has 1 aromatic rings. The number of aliphatic hydroxyl groups is 1. The average molecular weight is 205 g/mol. The van der Waals surface area contributed by atoms with E-state index in [1.54, 1.807) is 0 Å². The predicted molar refractivity (Wildman–Crippen MR) is 59.4 cm³/mol. The van der Waals surface area contributed by atoms with E-state index in [-0.39, 0.29) is 12.4 Å². The molecule has 80 valence electrons. The molecule has 0 heterocycles. The molecule has 0 unspecified atom stereocenters. The smallest absolute Gasteiger partial charge is 0.172 e. The van der Waals surface area contributed by atoms with Crippen LogP contribution in [0.15, 0.2) is 42.5 Å². The molecule has 1 aromatic carbocycles. The van der Waals surface area contributed by atoms with E-state index in [4.69, 9.17) is 10.8 Å². The van der Waals surface area contributed by atoms with Crippen molar-refractivity contribution >= 4 is 5.78 Å². The van der Waals surface area contributed by atoms with Crippen molar-refractivity contribution in [2.24, 2.45) is 5.73 Å². The van der Waals surface area contributed by atoms with Gasteiger partial charge in [0.1, 0.15) is 0 Å². The topological polar surface area (TPSA) is 63.3 Å². The first kappa shape index (κ1) is 11.6. The zero-order valence-electron chi connectivity index (χ0n) is 8.47. The van der Waals surface area contributed by atoms with Crippen molar-refractivity contribution in [3.05, 3.63) is 48.0 Å². The SMILES string of the molecule is N[C@@H](Cc1ccccc1)C(=O)/C=C/CO. The van der Waals surface area contributed by atoms with Crippen molar-refractivity contribution in [3.8, 4) is 0 Å². The normalized spacial score (nSPS) is 12.9. The fourth-order valence-corrected chi connectivity index (χ4v) is 1.26. The molecule has 3 N–H and O–H groups in total. The van der Waals surface area contributed by atoms with Crippen LogP contribution < -0.4 is 5.73 Å². The Kier molecular flexibility index (Phi) is 4.74. The van der Waals surface area contributed by atoms with Crippen molar-refractivity contribution in [1.29, 1.82) is 0 Å². The van der Waals surface area contributed by atoms with Crippen LogP contribution >= 0.6 is 0 Å². The molecular weight excluding hydrogens is 190 g/mol. The monoisotopic (exact) mass is 205 g/mol. The Hall–Kier alpha value is -1.45. The fourth-order valence-electron chi connectivity index (χ4n) is 1.26. The van der Waals surface area contributed by atoms with Gasteiger partial charge in [-0.3, -0.25) is 4.79 Å². The lowest BCUT2D eigenvalue weighted by Gasteiger charge is -2.07. The lowest BCUT2D eigenvalue weighted by molar-refractivity contribution is -0.115. The van der Waals surface area contributed by atoms with Gasteiger partial charge in [-0.1, -0.05) is 36.4 Å². The summed E-state index contributed by atoms with van der Waals surface area (Å²) in [5, 5.41) is 8.51. The Balaban J connectivity index is 2.52. The molecule has 0 spiro atoms. The van der Waals surface area contributed by atoms with E-state index in [0.717, 1.165) is 5.56 Å². The van der Waals surface area contributed by atoms with Crippen LogP contribution in [0.1, 0.15) is 5.56 Å². The Morgan fingerprint density at radius 2 is 2.07 bits per heavy atom. The molecule has 3 nitrogen and oxygen atoms in total. The summed E-state index contributed by atoms with van der Waals surface area (Å²) in [6.07, 6.45) is 3.25. The minimum atomic E-state index is -0.532. The largest absolute Gasteiger partial charge is 0.392 e. The van der Waals surface area contributed by atoms with Gasteiger partial charge in [0.15, 0.2) is 5.78 Å². The number of carbonyl (C=O) groups is 1. The summed E-state index contributed by atoms with van der Waals surface area (Å²) >= 11 is 0. The summed E-state index contributed by atoms with van der Waals surface area (Å²) in [5.74, 6) is -0.159. The van der Waals surface area contributed by atoms with Crippen LogP contribution in [0.2, 0.25) is 0 Å². The lowest BCUT2D eigenvalue weighted by Crippen LogP contribution is -2.31. The highest BCUT2D eigenvalue weighted by atomic mass is 16.2. The quantitative estimate of drug-likeness (QED) is 0.695. The van der Waals surface area contributed by atoms with Gasteiger partial charge in [-0.05, 0) is 18.1 Å². The van der Waals surface area contributed by atoms with Crippen LogP contribution in [0.4, 0.5) is 0 Å². The van der Waals surface area contributed by atoms with Gasteiger partial charge >= 0.3 is 0 Å². The van der Waals surface area contributed by atoms with E-state index in [9.17, 15) is 4.79 Å². The molecule has 0 aliphatic heterocycles. The zero-order chi connectivity index (χ0) is 11.1. The zero-order valence-corrected chi connectivity index (χ0v) is 8.47. The van der Waals surface area contributed by atoms with Crippen LogP contribution in [0.25, 0.3) is 0 Å². The van der Waals surface area contributed by atoms with Crippen molar-refractivity contribution in [3.63, 3.8) is 0 Å². The van der Waals surface area contributed by atoms with Gasteiger partial charge in [-0.2, -0.15) is 0 Å². The number of ketones is 1. The van der Waals surface area contributed by atoms with E-state index in [1.165, 1.54) is 12.2 Å². The molecule has 0 aromatic heterocycles. The molecule has 1 atom stereocenters. The van der Waals surface area contributed by atoms with Gasteiger partial charge in [-0.15, -0.1) is 0 Å². The molecular formula is C12H15NO2. The van der Waals surface area contributed by atoms with Crippen LogP contribution in [-0.4, -0.2) is 23.5 Å². The minimum absolute atomic E-state index is 0.135. The minimum Gasteiger partial charge on any atom is -0.392 e. The fraction of sp³-hybridized carbons (Fsp3) is 0.250. The third kappa shape index (κ3) is 4.06. The highest BCUT2D eigenvalue weighted by molar-refractivity contribution is 5.94. The molecule has 15 heavy (non-hydrogen) atoms. The third-order valence-electron chi connectivity index (χ3n) is 2.05. The molecule has 3 heteroatoms. The number of nitrogens with two attached hydrogens (primary N) is 1. The molecule has 0 aliphatic carbocycles. The van der Waals surface area contributed by atoms with E-state index in [2.05, 4.69) is 0 Å². The number of rotatable bonds is 5. The number of carbonyl (C=O) groups excluding carboxylic acids is 1. The first-order valence-electron chi connectivity index (χ1n) is 4.85. The third-order valence-corrected chi connectivity index (χ3v) is 2.05. The standard InChI is InChI=1S/C12H15NO2/c13-11(12(15)7-4-8-14)9-10-5-2-1-3-6-10/h1-7,11,14H,8-9,13H2/b7-4+/t11-/m0/s1. The summed E-state index contributed by atoms with van der Waals surface area (Å²) < 4.78 is 0. The van der Waals surface area contributed by atoms with E-state index < -0.39 is 6.04 Å². The molecule has 1 rings (SSSR count). The number of aliphatic hydroxyl groups excluding tert-OH is 1. The van der Waals surface area contributed by atoms with Gasteiger partial charge < -0.3 is 10.8 Å². The molecule has 0 saturated heterocycles. The van der Waals surface area contributed by atoms with Crippen molar-refractivity contribution < 1.29 is 9.90 Å². The maximum absolute atomic E-state index is 11.4. The van der Waals surface area contributed by atoms with Gasteiger partial charge in [0, 0.05) is 0 Å². The second-order valence-electron chi connectivity index (χ2n) is 3.28. The first-order chi connectivity index (χ1) is 7.24. The van der Waals surface area contributed by atoms with Gasteiger partial charge in [-0.25, -0.2) is 0 Å². The maximum atomic E-state index is 11.4. The Labute approximate surface area is 89.2 Å². The summed E-state index contributed by atoms with van der Waals surface area (Å²) in [4.78, 5) is 11.4. The predicted octanol–water partition coefficient (Wildman–Crippen LogP) is 0.674. The molecule has 0 fully saturated rings. The average Bonchev–Trinajstić information content (AvgIpc) is 2.27. The molecule has 0 bridgehead atoms. The second kappa shape index (κ2) is 6.11. The summed E-state index contributed by atoms with van der Waals surface area (Å²) in [7, 11) is 0. The van der Waals surface area contributed by atoms with Crippen LogP contribution in [0, 0.1) is 0 Å². The first-order valence-corrected chi connectivity index (χ1v) is 4.85. The van der Waals surface area contributed by atoms with Gasteiger partial charge in [0.2, 0.25) is 0 Å². The van der Waals surface area contributed by atoms with Crippen molar-refractivity contribution in [1.82, 2.24) is 0 Å². The second-order valence-corrected chi connectivity index (χ2v) is 3.28. The lowest BCUT2D eigenvalue weighted by atomic mass is 10.0. The van der Waals surface area contributed by atoms with Crippen molar-refractivity contribution in [2.75, 3.05) is 6.61 Å². The number of hydrogen-bond acceptors (Lipinski definition) is 3. The molecule has 0 radical (unpaired) electrons. The highest BCUT2D eigenvalue weighted by Gasteiger charge is 2.10. The molecule has 0 aliphatic rings. The van der Waals surface area contributed by atoms with E-state index >= 15 is 0 Å². The highest BCUT2D eigenvalue weighted by Crippen LogP contribution is 2.02. The van der Waals surface area contributed by atoms with Gasteiger partial charge in [0.25, 0.3) is 0 Å². The Morgan fingerprint density at radius 3 is 2.67 bits per heavy atom. The number of hydrogen-bond donors (Lipinski definition) is 2. The molecule has 0 saturated carbocycles. The van der Waals surface area contributed by atoms with Crippen LogP contribution in [-0.2, 0) is 11.2 Å². The summed E-state index contributed by atoms with van der Waals surface area (Å²) in [6.45, 7) is -0.135. The Morgan fingerprint density at radius 1 is 1.40 bits per heavy atom. The summed E-state index contributed by atoms with van der Waals surface area (Å²) in [6, 6.07) is 9.08. The maximum Gasteiger partial charge on any atom is 0.172 e. The van der Waals surface area contributed by atoms with Crippen LogP contribution in [0.5, 0.6) is 0 Å². The Bertz CT molecular complexity index is 333. The molecule has 0 amide bonds. The van der Waals surface area contributed by atoms with Crippen LogP contribution in [0.3, 0.4) is 0 Å². The summed E-state index contributed by atoms with van der Waals surface area (Å²) in [5.41, 5.74) is 6.75. The number of benzene rings is 1. The van der Waals surface area contributed by atoms with Crippen molar-refractivity contribution in [2.45, 2.75) is 12.5 Å².